The minimum absolute atomic E-state index is 0.221. The van der Waals surface area contributed by atoms with Crippen molar-refractivity contribution in [2.45, 2.75) is 20.3 Å². The number of nitrogens with one attached hydrogen (secondary N) is 1. The average molecular weight is 444 g/mol. The second-order valence-electron chi connectivity index (χ2n) is 5.81. The van der Waals surface area contributed by atoms with E-state index < -0.39 is 0 Å². The summed E-state index contributed by atoms with van der Waals surface area (Å²) in [5.74, 6) is 1.08. The molecular formula is C20H18BrN3O4. The van der Waals surface area contributed by atoms with Crippen molar-refractivity contribution in [3.8, 4) is 17.6 Å². The first-order chi connectivity index (χ1) is 13.5. The van der Waals surface area contributed by atoms with Gasteiger partial charge in [0.15, 0.2) is 29.6 Å². The van der Waals surface area contributed by atoms with Gasteiger partial charge in [-0.3, -0.25) is 4.79 Å². The summed E-state index contributed by atoms with van der Waals surface area (Å²) in [7, 11) is 0. The Balaban J connectivity index is 1.70. The highest BCUT2D eigenvalue weighted by Crippen LogP contribution is 2.36. The van der Waals surface area contributed by atoms with Crippen LogP contribution in [-0.4, -0.2) is 24.1 Å². The number of rotatable bonds is 7. The van der Waals surface area contributed by atoms with E-state index in [0.717, 1.165) is 0 Å². The quantitative estimate of drug-likeness (QED) is 0.579. The molecule has 1 aromatic heterocycles. The van der Waals surface area contributed by atoms with Crippen LogP contribution in [0.1, 0.15) is 25.3 Å². The van der Waals surface area contributed by atoms with Gasteiger partial charge in [-0.2, -0.15) is 5.26 Å². The number of carbonyl (C=O) groups is 1. The fourth-order valence-electron chi connectivity index (χ4n) is 2.57. The van der Waals surface area contributed by atoms with Crippen LogP contribution in [0.2, 0.25) is 0 Å². The summed E-state index contributed by atoms with van der Waals surface area (Å²) < 4.78 is 17.3. The lowest BCUT2D eigenvalue weighted by Gasteiger charge is -2.14. The molecule has 2 aromatic carbocycles. The Labute approximate surface area is 170 Å². The second-order valence-corrected chi connectivity index (χ2v) is 6.66. The molecule has 8 heteroatoms. The van der Waals surface area contributed by atoms with Gasteiger partial charge in [0.1, 0.15) is 5.52 Å². The standard InChI is InChI=1S/C20H18BrN3O4/c1-3-19-24-15-9-13(5-6-16(15)28-19)23-18(25)11-27-20-14(21)7-12(10-22)8-17(20)26-4-2/h5-9H,3-4,11H2,1-2H3,(H,23,25). The monoisotopic (exact) mass is 443 g/mol. The molecule has 0 unspecified atom stereocenters. The van der Waals surface area contributed by atoms with E-state index in [1.54, 1.807) is 30.3 Å². The fourth-order valence-corrected chi connectivity index (χ4v) is 3.13. The smallest absolute Gasteiger partial charge is 0.262 e. The van der Waals surface area contributed by atoms with Crippen molar-refractivity contribution in [2.24, 2.45) is 0 Å². The van der Waals surface area contributed by atoms with E-state index in [4.69, 9.17) is 19.2 Å². The van der Waals surface area contributed by atoms with Gasteiger partial charge in [-0.15, -0.1) is 0 Å². The number of oxazole rings is 1. The van der Waals surface area contributed by atoms with E-state index in [1.165, 1.54) is 0 Å². The third kappa shape index (κ3) is 4.43. The van der Waals surface area contributed by atoms with E-state index in [9.17, 15) is 4.79 Å². The lowest BCUT2D eigenvalue weighted by Crippen LogP contribution is -2.20. The molecule has 7 nitrogen and oxygen atoms in total. The SMILES string of the molecule is CCOc1cc(C#N)cc(Br)c1OCC(=O)Nc1ccc2oc(CC)nc2c1. The molecule has 0 aliphatic heterocycles. The maximum atomic E-state index is 12.3. The molecule has 1 amide bonds. The average Bonchev–Trinajstić information content (AvgIpc) is 3.09. The molecule has 144 valence electrons. The van der Waals surface area contributed by atoms with Crippen molar-refractivity contribution in [2.75, 3.05) is 18.5 Å². The van der Waals surface area contributed by atoms with Gasteiger partial charge < -0.3 is 19.2 Å². The Morgan fingerprint density at radius 1 is 1.29 bits per heavy atom. The van der Waals surface area contributed by atoms with Crippen molar-refractivity contribution in [3.05, 3.63) is 46.3 Å². The molecule has 0 saturated carbocycles. The van der Waals surface area contributed by atoms with E-state index in [-0.39, 0.29) is 12.5 Å². The van der Waals surface area contributed by atoms with Gasteiger partial charge in [0, 0.05) is 18.2 Å². The van der Waals surface area contributed by atoms with Crippen LogP contribution in [-0.2, 0) is 11.2 Å². The van der Waals surface area contributed by atoms with Crippen LogP contribution >= 0.6 is 15.9 Å². The second kappa shape index (κ2) is 8.76. The molecule has 0 fully saturated rings. The number of benzene rings is 2. The van der Waals surface area contributed by atoms with Gasteiger partial charge in [-0.05, 0) is 47.1 Å². The molecule has 3 rings (SSSR count). The van der Waals surface area contributed by atoms with E-state index in [2.05, 4.69) is 32.3 Å². The first-order valence-corrected chi connectivity index (χ1v) is 9.51. The number of fused-ring (bicyclic) bond motifs is 1. The zero-order valence-corrected chi connectivity index (χ0v) is 17.0. The first-order valence-electron chi connectivity index (χ1n) is 8.72. The van der Waals surface area contributed by atoms with Crippen molar-refractivity contribution in [3.63, 3.8) is 0 Å². The lowest BCUT2D eigenvalue weighted by molar-refractivity contribution is -0.118. The summed E-state index contributed by atoms with van der Waals surface area (Å²) in [5.41, 5.74) is 2.39. The molecule has 0 saturated heterocycles. The molecule has 3 aromatic rings. The van der Waals surface area contributed by atoms with Gasteiger partial charge in [0.25, 0.3) is 5.91 Å². The van der Waals surface area contributed by atoms with Crippen molar-refractivity contribution >= 4 is 38.6 Å². The number of carbonyl (C=O) groups excluding carboxylic acids is 1. The molecule has 1 N–H and O–H groups in total. The summed E-state index contributed by atoms with van der Waals surface area (Å²) in [6.45, 7) is 3.97. The molecule has 0 atom stereocenters. The number of amides is 1. The van der Waals surface area contributed by atoms with Crippen molar-refractivity contribution < 1.29 is 18.7 Å². The number of hydrogen-bond donors (Lipinski definition) is 1. The van der Waals surface area contributed by atoms with Crippen LogP contribution in [0.25, 0.3) is 11.1 Å². The molecule has 0 aliphatic carbocycles. The first kappa shape index (κ1) is 19.7. The highest BCUT2D eigenvalue weighted by molar-refractivity contribution is 9.10. The van der Waals surface area contributed by atoms with Gasteiger partial charge >= 0.3 is 0 Å². The zero-order chi connectivity index (χ0) is 20.1. The van der Waals surface area contributed by atoms with E-state index >= 15 is 0 Å². The van der Waals surface area contributed by atoms with Crippen LogP contribution in [0, 0.1) is 11.3 Å². The van der Waals surface area contributed by atoms with E-state index in [1.807, 2.05) is 13.8 Å². The predicted octanol–water partition coefficient (Wildman–Crippen LogP) is 4.44. The summed E-state index contributed by atoms with van der Waals surface area (Å²) >= 11 is 3.36. The summed E-state index contributed by atoms with van der Waals surface area (Å²) in [6.07, 6.45) is 0.700. The third-order valence-corrected chi connectivity index (χ3v) is 4.39. The predicted molar refractivity (Wildman–Crippen MR) is 108 cm³/mol. The number of halogens is 1. The van der Waals surface area contributed by atoms with Gasteiger partial charge in [0.05, 0.1) is 22.7 Å². The highest BCUT2D eigenvalue weighted by atomic mass is 79.9. The molecule has 1 heterocycles. The largest absolute Gasteiger partial charge is 0.490 e. The maximum Gasteiger partial charge on any atom is 0.262 e. The number of aromatic nitrogens is 1. The Hall–Kier alpha value is -3.05. The Morgan fingerprint density at radius 3 is 2.82 bits per heavy atom. The van der Waals surface area contributed by atoms with Gasteiger partial charge in [-0.25, -0.2) is 4.98 Å². The highest BCUT2D eigenvalue weighted by Gasteiger charge is 2.14. The lowest BCUT2D eigenvalue weighted by atomic mass is 10.2. The number of aryl methyl sites for hydroxylation is 1. The maximum absolute atomic E-state index is 12.3. The van der Waals surface area contributed by atoms with Crippen LogP contribution in [0.5, 0.6) is 11.5 Å². The van der Waals surface area contributed by atoms with Crippen LogP contribution in [0.15, 0.2) is 39.2 Å². The molecule has 0 bridgehead atoms. The number of nitrogens with zero attached hydrogens (tertiary/aromatic N) is 2. The minimum Gasteiger partial charge on any atom is -0.490 e. The van der Waals surface area contributed by atoms with Gasteiger partial charge in [-0.1, -0.05) is 6.92 Å². The number of anilines is 1. The molecule has 0 aliphatic rings. The molecule has 0 radical (unpaired) electrons. The Bertz CT molecular complexity index is 1060. The summed E-state index contributed by atoms with van der Waals surface area (Å²) in [6, 6.07) is 10.5. The summed E-state index contributed by atoms with van der Waals surface area (Å²) in [4.78, 5) is 16.7. The van der Waals surface area contributed by atoms with Crippen LogP contribution in [0.4, 0.5) is 5.69 Å². The van der Waals surface area contributed by atoms with Crippen molar-refractivity contribution in [1.29, 1.82) is 5.26 Å². The fraction of sp³-hybridized carbons (Fsp3) is 0.250. The van der Waals surface area contributed by atoms with Crippen molar-refractivity contribution in [1.82, 2.24) is 4.98 Å². The molecule has 28 heavy (non-hydrogen) atoms. The summed E-state index contributed by atoms with van der Waals surface area (Å²) in [5, 5.41) is 11.8. The Morgan fingerprint density at radius 2 is 2.11 bits per heavy atom. The zero-order valence-electron chi connectivity index (χ0n) is 15.4. The topological polar surface area (TPSA) is 97.4 Å². The van der Waals surface area contributed by atoms with Crippen LogP contribution < -0.4 is 14.8 Å². The van der Waals surface area contributed by atoms with E-state index in [0.29, 0.717) is 57.2 Å². The molecular weight excluding hydrogens is 426 g/mol. The van der Waals surface area contributed by atoms with Gasteiger partial charge in [0.2, 0.25) is 0 Å². The Kier molecular flexibility index (Phi) is 6.16. The number of hydrogen-bond acceptors (Lipinski definition) is 6. The number of nitriles is 1. The third-order valence-electron chi connectivity index (χ3n) is 3.80. The normalized spacial score (nSPS) is 10.5. The molecule has 0 spiro atoms. The van der Waals surface area contributed by atoms with Crippen LogP contribution in [0.3, 0.4) is 0 Å². The number of ether oxygens (including phenoxy) is 2. The minimum atomic E-state index is -0.336.